The van der Waals surface area contributed by atoms with E-state index in [-0.39, 0.29) is 10.5 Å². The summed E-state index contributed by atoms with van der Waals surface area (Å²) in [5, 5.41) is 9.16. The first-order valence-corrected chi connectivity index (χ1v) is 7.85. The van der Waals surface area contributed by atoms with Crippen LogP contribution < -0.4 is 0 Å². The van der Waals surface area contributed by atoms with Crippen molar-refractivity contribution < 1.29 is 18.3 Å². The van der Waals surface area contributed by atoms with Crippen molar-refractivity contribution in [1.82, 2.24) is 0 Å². The van der Waals surface area contributed by atoms with E-state index < -0.39 is 15.8 Å². The molecule has 0 heterocycles. The molecule has 0 unspecified atom stereocenters. The van der Waals surface area contributed by atoms with Crippen molar-refractivity contribution in [3.63, 3.8) is 0 Å². The smallest absolute Gasteiger partial charge is 0.336 e. The third kappa shape index (κ3) is 3.23. The van der Waals surface area contributed by atoms with Crippen LogP contribution in [0.5, 0.6) is 0 Å². The number of aryl methyl sites for hydroxylation is 1. The molecule has 0 aliphatic heterocycles. The van der Waals surface area contributed by atoms with Crippen molar-refractivity contribution in [1.29, 1.82) is 0 Å². The molecule has 1 rings (SSSR count). The first kappa shape index (κ1) is 15.4. The summed E-state index contributed by atoms with van der Waals surface area (Å²) in [4.78, 5) is 11.3. The number of rotatable bonds is 4. The molecule has 1 aromatic carbocycles. The molecule has 0 fully saturated rings. The first-order valence-electron chi connectivity index (χ1n) is 5.95. The maximum absolute atomic E-state index is 11.8. The quantitative estimate of drug-likeness (QED) is 0.921. The van der Waals surface area contributed by atoms with Crippen LogP contribution >= 0.6 is 0 Å². The highest BCUT2D eigenvalue weighted by atomic mass is 32.2. The Bertz CT molecular complexity index is 640. The molecule has 0 atom stereocenters. The molecule has 5 heteroatoms. The zero-order valence-corrected chi connectivity index (χ0v) is 12.3. The molecule has 1 aromatic rings. The van der Waals surface area contributed by atoms with E-state index in [1.54, 1.807) is 6.07 Å². The van der Waals surface area contributed by atoms with E-state index in [0.29, 0.717) is 17.5 Å². The number of hydrogen-bond donors (Lipinski definition) is 1. The fourth-order valence-corrected chi connectivity index (χ4v) is 2.84. The van der Waals surface area contributed by atoms with E-state index in [1.165, 1.54) is 6.07 Å². The molecule has 0 bridgehead atoms. The van der Waals surface area contributed by atoms with Crippen molar-refractivity contribution in [3.05, 3.63) is 34.9 Å². The summed E-state index contributed by atoms with van der Waals surface area (Å²) in [6, 6.07) is 2.92. The molecule has 0 spiro atoms. The van der Waals surface area contributed by atoms with Gasteiger partial charge >= 0.3 is 5.97 Å². The second-order valence-electron chi connectivity index (χ2n) is 4.41. The molecule has 19 heavy (non-hydrogen) atoms. The van der Waals surface area contributed by atoms with Crippen molar-refractivity contribution >= 4 is 21.4 Å². The number of benzene rings is 1. The summed E-state index contributed by atoms with van der Waals surface area (Å²) < 4.78 is 23.7. The van der Waals surface area contributed by atoms with Crippen molar-refractivity contribution in [2.24, 2.45) is 0 Å². The molecule has 0 saturated heterocycles. The number of hydrogen-bond acceptors (Lipinski definition) is 3. The van der Waals surface area contributed by atoms with Crippen LogP contribution in [0.2, 0.25) is 0 Å². The van der Waals surface area contributed by atoms with Crippen LogP contribution in [-0.4, -0.2) is 25.7 Å². The normalized spacial score (nSPS) is 12.5. The van der Waals surface area contributed by atoms with E-state index >= 15 is 0 Å². The van der Waals surface area contributed by atoms with E-state index in [2.05, 4.69) is 0 Å². The highest BCUT2D eigenvalue weighted by Crippen LogP contribution is 2.27. The van der Waals surface area contributed by atoms with Crippen molar-refractivity contribution in [3.8, 4) is 0 Å². The summed E-state index contributed by atoms with van der Waals surface area (Å²) in [5.41, 5.74) is 2.07. The van der Waals surface area contributed by atoms with Crippen molar-refractivity contribution in [2.45, 2.75) is 32.1 Å². The molecular formula is C14H18O4S. The van der Waals surface area contributed by atoms with Crippen molar-refractivity contribution in [2.75, 3.05) is 6.26 Å². The van der Waals surface area contributed by atoms with E-state index in [9.17, 15) is 13.2 Å². The Morgan fingerprint density at radius 2 is 1.89 bits per heavy atom. The SMILES string of the molecule is CC=C(C)c1cc(CC)c(C(=O)O)cc1S(C)(=O)=O. The van der Waals surface area contributed by atoms with Gasteiger partial charge in [0.25, 0.3) is 0 Å². The van der Waals surface area contributed by atoms with Crippen LogP contribution in [0.3, 0.4) is 0 Å². The predicted octanol–water partition coefficient (Wildman–Crippen LogP) is 2.77. The van der Waals surface area contributed by atoms with Gasteiger partial charge in [0.2, 0.25) is 0 Å². The lowest BCUT2D eigenvalue weighted by atomic mass is 9.98. The van der Waals surface area contributed by atoms with Crippen LogP contribution in [0.4, 0.5) is 0 Å². The molecule has 0 radical (unpaired) electrons. The average Bonchev–Trinajstić information content (AvgIpc) is 2.34. The maximum Gasteiger partial charge on any atom is 0.336 e. The monoisotopic (exact) mass is 282 g/mol. The predicted molar refractivity (Wildman–Crippen MR) is 75.2 cm³/mol. The Morgan fingerprint density at radius 3 is 2.26 bits per heavy atom. The second kappa shape index (κ2) is 5.57. The van der Waals surface area contributed by atoms with Gasteiger partial charge < -0.3 is 5.11 Å². The Labute approximate surface area is 113 Å². The molecule has 0 aliphatic rings. The van der Waals surface area contributed by atoms with Gasteiger partial charge in [-0.1, -0.05) is 13.0 Å². The second-order valence-corrected chi connectivity index (χ2v) is 6.39. The minimum absolute atomic E-state index is 0.0515. The zero-order chi connectivity index (χ0) is 14.8. The van der Waals surface area contributed by atoms with E-state index in [0.717, 1.165) is 11.8 Å². The molecule has 0 aromatic heterocycles. The molecule has 104 valence electrons. The van der Waals surface area contributed by atoms with Gasteiger partial charge in [0.15, 0.2) is 9.84 Å². The molecule has 4 nitrogen and oxygen atoms in total. The highest BCUT2D eigenvalue weighted by Gasteiger charge is 2.20. The molecule has 0 saturated carbocycles. The fraction of sp³-hybridized carbons (Fsp3) is 0.357. The van der Waals surface area contributed by atoms with Gasteiger partial charge in [0.05, 0.1) is 10.5 Å². The van der Waals surface area contributed by atoms with Crippen LogP contribution in [0.15, 0.2) is 23.1 Å². The number of carboxylic acid groups (broad SMARTS) is 1. The van der Waals surface area contributed by atoms with Crippen LogP contribution in [0.25, 0.3) is 5.57 Å². The minimum Gasteiger partial charge on any atom is -0.478 e. The lowest BCUT2D eigenvalue weighted by molar-refractivity contribution is 0.0695. The topological polar surface area (TPSA) is 71.4 Å². The number of carbonyl (C=O) groups is 1. The van der Waals surface area contributed by atoms with Crippen LogP contribution in [-0.2, 0) is 16.3 Å². The van der Waals surface area contributed by atoms with Gasteiger partial charge in [0.1, 0.15) is 0 Å². The standard InChI is InChI=1S/C14H18O4S/c1-5-9(3)11-7-10(6-2)12(14(15)16)8-13(11)19(4,17)18/h5,7-8H,6H2,1-4H3,(H,15,16). The Balaban J connectivity index is 3.78. The Kier molecular flexibility index (Phi) is 4.52. The van der Waals surface area contributed by atoms with Gasteiger partial charge in [-0.2, -0.15) is 0 Å². The summed E-state index contributed by atoms with van der Waals surface area (Å²) in [5.74, 6) is -1.11. The lowest BCUT2D eigenvalue weighted by Crippen LogP contribution is -2.09. The Morgan fingerprint density at radius 1 is 1.32 bits per heavy atom. The van der Waals surface area contributed by atoms with Gasteiger partial charge in [-0.05, 0) is 49.1 Å². The number of aromatic carboxylic acids is 1. The summed E-state index contributed by atoms with van der Waals surface area (Å²) >= 11 is 0. The van der Waals surface area contributed by atoms with Crippen LogP contribution in [0.1, 0.15) is 42.3 Å². The van der Waals surface area contributed by atoms with Crippen LogP contribution in [0, 0.1) is 0 Å². The molecular weight excluding hydrogens is 264 g/mol. The summed E-state index contributed by atoms with van der Waals surface area (Å²) in [6.45, 7) is 5.47. The third-order valence-corrected chi connectivity index (χ3v) is 4.21. The molecule has 1 N–H and O–H groups in total. The van der Waals surface area contributed by atoms with E-state index in [4.69, 9.17) is 5.11 Å². The third-order valence-electron chi connectivity index (χ3n) is 3.07. The Hall–Kier alpha value is -1.62. The zero-order valence-electron chi connectivity index (χ0n) is 11.5. The van der Waals surface area contributed by atoms with Gasteiger partial charge in [-0.15, -0.1) is 0 Å². The van der Waals surface area contributed by atoms with Gasteiger partial charge in [-0.25, -0.2) is 13.2 Å². The van der Waals surface area contributed by atoms with Gasteiger partial charge in [0, 0.05) is 6.26 Å². The minimum atomic E-state index is -3.47. The molecule has 0 aliphatic carbocycles. The maximum atomic E-state index is 11.8. The average molecular weight is 282 g/mol. The summed E-state index contributed by atoms with van der Waals surface area (Å²) in [6.07, 6.45) is 3.44. The molecule has 0 amide bonds. The highest BCUT2D eigenvalue weighted by molar-refractivity contribution is 7.90. The largest absolute Gasteiger partial charge is 0.478 e. The first-order chi connectivity index (χ1) is 8.72. The number of carboxylic acids is 1. The van der Waals surface area contributed by atoms with E-state index in [1.807, 2.05) is 26.8 Å². The summed E-state index contributed by atoms with van der Waals surface area (Å²) in [7, 11) is -3.47. The lowest BCUT2D eigenvalue weighted by Gasteiger charge is -2.13. The van der Waals surface area contributed by atoms with Gasteiger partial charge in [-0.3, -0.25) is 0 Å². The fourth-order valence-electron chi connectivity index (χ4n) is 1.89. The number of sulfone groups is 1. The number of allylic oxidation sites excluding steroid dienone is 2.